The lowest BCUT2D eigenvalue weighted by Gasteiger charge is -2.29. The van der Waals surface area contributed by atoms with Crippen LogP contribution in [0.1, 0.15) is 39.5 Å². The van der Waals surface area contributed by atoms with Crippen molar-refractivity contribution in [2.24, 2.45) is 22.8 Å². The second-order valence-electron chi connectivity index (χ2n) is 5.25. The van der Waals surface area contributed by atoms with Gasteiger partial charge in [0.1, 0.15) is 6.04 Å². The van der Waals surface area contributed by atoms with E-state index in [-0.39, 0.29) is 16.8 Å². The van der Waals surface area contributed by atoms with Crippen molar-refractivity contribution in [3.05, 3.63) is 0 Å². The third-order valence-electron chi connectivity index (χ3n) is 3.62. The van der Waals surface area contributed by atoms with Gasteiger partial charge in [-0.3, -0.25) is 9.59 Å². The van der Waals surface area contributed by atoms with E-state index >= 15 is 0 Å². The zero-order valence-corrected chi connectivity index (χ0v) is 11.7. The summed E-state index contributed by atoms with van der Waals surface area (Å²) >= 11 is 5.03. The predicted molar refractivity (Wildman–Crippen MR) is 73.6 cm³/mol. The van der Waals surface area contributed by atoms with E-state index in [1.54, 1.807) is 0 Å². The number of carbonyl (C=O) groups excluding carboxylic acids is 2. The molecule has 0 bridgehead atoms. The summed E-state index contributed by atoms with van der Waals surface area (Å²) < 4.78 is 0. The Balaban J connectivity index is 2.85. The Hall–Kier alpha value is -1.17. The fourth-order valence-electron chi connectivity index (χ4n) is 2.41. The van der Waals surface area contributed by atoms with Crippen LogP contribution in [0.3, 0.4) is 0 Å². The molecule has 5 nitrogen and oxygen atoms in total. The number of hydrogen-bond acceptors (Lipinski definition) is 3. The maximum Gasteiger partial charge on any atom is 0.240 e. The lowest BCUT2D eigenvalue weighted by Crippen LogP contribution is -2.55. The molecule has 0 saturated heterocycles. The van der Waals surface area contributed by atoms with Crippen LogP contribution in [0.4, 0.5) is 0 Å². The molecule has 1 rings (SSSR count). The molecule has 1 aliphatic carbocycles. The van der Waals surface area contributed by atoms with Crippen molar-refractivity contribution in [2.45, 2.75) is 45.6 Å². The van der Waals surface area contributed by atoms with Gasteiger partial charge in [0.2, 0.25) is 11.8 Å². The quantitative estimate of drug-likeness (QED) is 0.633. The summed E-state index contributed by atoms with van der Waals surface area (Å²) in [5.74, 6) is -0.851. The first kappa shape index (κ1) is 14.9. The fourth-order valence-corrected chi connectivity index (χ4v) is 2.71. The van der Waals surface area contributed by atoms with E-state index in [0.29, 0.717) is 12.8 Å². The minimum absolute atomic E-state index is 0.0590. The molecule has 0 aromatic heterocycles. The fraction of sp³-hybridized carbons (Fsp3) is 0.750. The Morgan fingerprint density at radius 2 is 1.72 bits per heavy atom. The van der Waals surface area contributed by atoms with E-state index in [0.717, 1.165) is 12.8 Å². The Morgan fingerprint density at radius 3 is 2.06 bits per heavy atom. The van der Waals surface area contributed by atoms with E-state index in [4.69, 9.17) is 23.7 Å². The third kappa shape index (κ3) is 2.80. The van der Waals surface area contributed by atoms with Crippen LogP contribution < -0.4 is 16.8 Å². The number of carbonyl (C=O) groups is 2. The van der Waals surface area contributed by atoms with Gasteiger partial charge in [0.15, 0.2) is 0 Å². The van der Waals surface area contributed by atoms with Crippen LogP contribution in [0, 0.1) is 11.3 Å². The van der Waals surface area contributed by atoms with Gasteiger partial charge >= 0.3 is 0 Å². The lowest BCUT2D eigenvalue weighted by atomic mass is 9.84. The average Bonchev–Trinajstić information content (AvgIpc) is 2.74. The molecular formula is C12H21N3O2S. The number of amides is 2. The van der Waals surface area contributed by atoms with Gasteiger partial charge in [0, 0.05) is 0 Å². The Labute approximate surface area is 113 Å². The molecule has 1 aliphatic rings. The largest absolute Gasteiger partial charge is 0.392 e. The van der Waals surface area contributed by atoms with Gasteiger partial charge < -0.3 is 16.8 Å². The SMILES string of the molecule is CC(C)C(NC(=O)C1(C(N)=S)CCCC1)C(N)=O. The lowest BCUT2D eigenvalue weighted by molar-refractivity contribution is -0.132. The van der Waals surface area contributed by atoms with Crippen LogP contribution in [0.25, 0.3) is 0 Å². The maximum absolute atomic E-state index is 12.3. The summed E-state index contributed by atoms with van der Waals surface area (Å²) in [5, 5.41) is 2.70. The van der Waals surface area contributed by atoms with E-state index < -0.39 is 17.4 Å². The first-order valence-corrected chi connectivity index (χ1v) is 6.62. The Kier molecular flexibility index (Phi) is 4.67. The summed E-state index contributed by atoms with van der Waals surface area (Å²) in [4.78, 5) is 23.9. The standard InChI is InChI=1S/C12H21N3O2S/c1-7(2)8(9(13)16)15-11(17)12(10(14)18)5-3-4-6-12/h7-8H,3-6H2,1-2H3,(H2,13,16)(H2,14,18)(H,15,17). The first-order valence-electron chi connectivity index (χ1n) is 6.21. The number of rotatable bonds is 5. The second-order valence-corrected chi connectivity index (χ2v) is 5.69. The molecule has 102 valence electrons. The monoisotopic (exact) mass is 271 g/mol. The number of nitrogens with one attached hydrogen (secondary N) is 1. The van der Waals surface area contributed by atoms with Crippen LogP contribution in [-0.4, -0.2) is 22.8 Å². The molecule has 0 radical (unpaired) electrons. The molecule has 0 aromatic rings. The summed E-state index contributed by atoms with van der Waals surface area (Å²) in [7, 11) is 0. The normalized spacial score (nSPS) is 19.5. The van der Waals surface area contributed by atoms with Crippen molar-refractivity contribution < 1.29 is 9.59 Å². The van der Waals surface area contributed by atoms with Crippen molar-refractivity contribution in [3.8, 4) is 0 Å². The van der Waals surface area contributed by atoms with Gasteiger partial charge in [0.25, 0.3) is 0 Å². The van der Waals surface area contributed by atoms with E-state index in [1.807, 2.05) is 13.8 Å². The third-order valence-corrected chi connectivity index (χ3v) is 4.01. The molecule has 0 aliphatic heterocycles. The Bertz CT molecular complexity index is 362. The zero-order valence-electron chi connectivity index (χ0n) is 10.9. The topological polar surface area (TPSA) is 98.2 Å². The smallest absolute Gasteiger partial charge is 0.240 e. The summed E-state index contributed by atoms with van der Waals surface area (Å²) in [6.07, 6.45) is 3.15. The molecule has 1 fully saturated rings. The summed E-state index contributed by atoms with van der Waals surface area (Å²) in [5.41, 5.74) is 10.2. The van der Waals surface area contributed by atoms with Crippen molar-refractivity contribution in [3.63, 3.8) is 0 Å². The molecule has 1 atom stereocenters. The summed E-state index contributed by atoms with van der Waals surface area (Å²) in [6.45, 7) is 3.66. The molecule has 1 saturated carbocycles. The van der Waals surface area contributed by atoms with Crippen molar-refractivity contribution in [1.29, 1.82) is 0 Å². The van der Waals surface area contributed by atoms with Gasteiger partial charge in [-0.25, -0.2) is 0 Å². The molecule has 2 amide bonds. The van der Waals surface area contributed by atoms with Gasteiger partial charge in [0.05, 0.1) is 10.4 Å². The molecule has 1 unspecified atom stereocenters. The van der Waals surface area contributed by atoms with Gasteiger partial charge in [-0.1, -0.05) is 38.9 Å². The maximum atomic E-state index is 12.3. The van der Waals surface area contributed by atoms with Crippen LogP contribution >= 0.6 is 12.2 Å². The highest BCUT2D eigenvalue weighted by Gasteiger charge is 2.45. The zero-order chi connectivity index (χ0) is 13.9. The van der Waals surface area contributed by atoms with Crippen LogP contribution in [-0.2, 0) is 9.59 Å². The van der Waals surface area contributed by atoms with Crippen molar-refractivity contribution >= 4 is 29.0 Å². The van der Waals surface area contributed by atoms with Crippen LogP contribution in [0.15, 0.2) is 0 Å². The highest BCUT2D eigenvalue weighted by molar-refractivity contribution is 7.80. The average molecular weight is 271 g/mol. The number of thiocarbonyl (C=S) groups is 1. The summed E-state index contributed by atoms with van der Waals surface area (Å²) in [6, 6.07) is -0.677. The Morgan fingerprint density at radius 1 is 1.22 bits per heavy atom. The highest BCUT2D eigenvalue weighted by atomic mass is 32.1. The molecule has 18 heavy (non-hydrogen) atoms. The minimum atomic E-state index is -0.794. The number of nitrogens with two attached hydrogens (primary N) is 2. The van der Waals surface area contributed by atoms with Gasteiger partial charge in [-0.2, -0.15) is 0 Å². The second kappa shape index (κ2) is 5.65. The van der Waals surface area contributed by atoms with Gasteiger partial charge in [-0.15, -0.1) is 0 Å². The molecule has 0 heterocycles. The molecular weight excluding hydrogens is 250 g/mol. The molecule has 0 spiro atoms. The highest BCUT2D eigenvalue weighted by Crippen LogP contribution is 2.38. The molecule has 5 N–H and O–H groups in total. The van der Waals surface area contributed by atoms with Crippen LogP contribution in [0.5, 0.6) is 0 Å². The van der Waals surface area contributed by atoms with Crippen LogP contribution in [0.2, 0.25) is 0 Å². The first-order chi connectivity index (χ1) is 8.31. The number of primary amides is 1. The molecule has 6 heteroatoms. The minimum Gasteiger partial charge on any atom is -0.392 e. The van der Waals surface area contributed by atoms with Gasteiger partial charge in [-0.05, 0) is 18.8 Å². The van der Waals surface area contributed by atoms with E-state index in [9.17, 15) is 9.59 Å². The van der Waals surface area contributed by atoms with Crippen molar-refractivity contribution in [1.82, 2.24) is 5.32 Å². The number of hydrogen-bond donors (Lipinski definition) is 3. The molecule has 0 aromatic carbocycles. The van der Waals surface area contributed by atoms with E-state index in [2.05, 4.69) is 5.32 Å². The van der Waals surface area contributed by atoms with Crippen molar-refractivity contribution in [2.75, 3.05) is 0 Å². The van der Waals surface area contributed by atoms with E-state index in [1.165, 1.54) is 0 Å². The predicted octanol–water partition coefficient (Wildman–Crippen LogP) is 0.459.